The van der Waals surface area contributed by atoms with Crippen LogP contribution < -0.4 is 0 Å². The van der Waals surface area contributed by atoms with E-state index in [2.05, 4.69) is 0 Å². The SMILES string of the molecule is FC=C(N1CCOCC1)C(F)(F)F. The first-order valence-corrected chi connectivity index (χ1v) is 3.76. The molecule has 0 aromatic carbocycles. The van der Waals surface area contributed by atoms with Crippen molar-refractivity contribution in [3.05, 3.63) is 12.0 Å². The molecule has 1 rings (SSSR count). The van der Waals surface area contributed by atoms with Crippen LogP contribution in [0.4, 0.5) is 17.6 Å². The summed E-state index contributed by atoms with van der Waals surface area (Å²) in [5.74, 6) is 0. The number of hydrogen-bond acceptors (Lipinski definition) is 2. The minimum atomic E-state index is -4.62. The number of allylic oxidation sites excluding steroid dienone is 1. The number of alkyl halides is 3. The van der Waals surface area contributed by atoms with Gasteiger partial charge in [-0.05, 0) is 0 Å². The number of hydrogen-bond donors (Lipinski definition) is 0. The molecule has 0 bridgehead atoms. The number of rotatable bonds is 1. The summed E-state index contributed by atoms with van der Waals surface area (Å²) < 4.78 is 53.2. The van der Waals surface area contributed by atoms with Gasteiger partial charge in [0.05, 0.1) is 13.2 Å². The van der Waals surface area contributed by atoms with Crippen LogP contribution in [0.2, 0.25) is 0 Å². The molecule has 0 saturated carbocycles. The first kappa shape index (κ1) is 10.3. The normalized spacial score (nSPS) is 20.6. The average Bonchev–Trinajstić information content (AvgIpc) is 2.05. The molecule has 6 heteroatoms. The first-order valence-electron chi connectivity index (χ1n) is 3.76. The van der Waals surface area contributed by atoms with E-state index in [0.717, 1.165) is 4.90 Å². The van der Waals surface area contributed by atoms with Gasteiger partial charge in [-0.1, -0.05) is 0 Å². The van der Waals surface area contributed by atoms with Crippen LogP contribution in [0.3, 0.4) is 0 Å². The predicted octanol–water partition coefficient (Wildman–Crippen LogP) is 1.69. The lowest BCUT2D eigenvalue weighted by molar-refractivity contribution is -0.119. The Morgan fingerprint density at radius 2 is 1.77 bits per heavy atom. The monoisotopic (exact) mass is 199 g/mol. The lowest BCUT2D eigenvalue weighted by Crippen LogP contribution is -2.40. The lowest BCUT2D eigenvalue weighted by atomic mass is 10.3. The van der Waals surface area contributed by atoms with Crippen molar-refractivity contribution < 1.29 is 22.3 Å². The topological polar surface area (TPSA) is 12.5 Å². The van der Waals surface area contributed by atoms with Crippen LogP contribution in [0.15, 0.2) is 12.0 Å². The summed E-state index contributed by atoms with van der Waals surface area (Å²) in [5.41, 5.74) is -1.23. The minimum Gasteiger partial charge on any atom is -0.378 e. The Labute approximate surface area is 72.8 Å². The quantitative estimate of drug-likeness (QED) is 0.596. The highest BCUT2D eigenvalue weighted by molar-refractivity contribution is 5.05. The van der Waals surface area contributed by atoms with Crippen molar-refractivity contribution in [2.75, 3.05) is 26.3 Å². The van der Waals surface area contributed by atoms with Gasteiger partial charge in [-0.25, -0.2) is 4.39 Å². The molecule has 0 atom stereocenters. The maximum atomic E-state index is 12.1. The summed E-state index contributed by atoms with van der Waals surface area (Å²) in [7, 11) is 0. The van der Waals surface area contributed by atoms with E-state index in [1.807, 2.05) is 0 Å². The predicted molar refractivity (Wildman–Crippen MR) is 37.6 cm³/mol. The molecule has 1 fully saturated rings. The summed E-state index contributed by atoms with van der Waals surface area (Å²) in [6, 6.07) is 0. The molecule has 1 aliphatic rings. The second kappa shape index (κ2) is 3.95. The van der Waals surface area contributed by atoms with Gasteiger partial charge in [-0.3, -0.25) is 0 Å². The maximum absolute atomic E-state index is 12.1. The third-order valence-corrected chi connectivity index (χ3v) is 1.75. The molecule has 2 nitrogen and oxygen atoms in total. The van der Waals surface area contributed by atoms with Crippen molar-refractivity contribution in [3.63, 3.8) is 0 Å². The van der Waals surface area contributed by atoms with Crippen molar-refractivity contribution in [2.45, 2.75) is 6.18 Å². The molecule has 0 radical (unpaired) electrons. The van der Waals surface area contributed by atoms with E-state index in [9.17, 15) is 17.6 Å². The Morgan fingerprint density at radius 3 is 2.15 bits per heavy atom. The van der Waals surface area contributed by atoms with Crippen molar-refractivity contribution in [1.82, 2.24) is 4.90 Å². The van der Waals surface area contributed by atoms with Crippen LogP contribution in [-0.2, 0) is 4.74 Å². The zero-order chi connectivity index (χ0) is 9.90. The van der Waals surface area contributed by atoms with E-state index in [4.69, 9.17) is 4.74 Å². The summed E-state index contributed by atoms with van der Waals surface area (Å²) in [6.45, 7) is 0.561. The van der Waals surface area contributed by atoms with Crippen molar-refractivity contribution >= 4 is 0 Å². The highest BCUT2D eigenvalue weighted by Gasteiger charge is 2.38. The van der Waals surface area contributed by atoms with Gasteiger partial charge in [0, 0.05) is 13.1 Å². The van der Waals surface area contributed by atoms with Gasteiger partial charge in [0.2, 0.25) is 0 Å². The number of morpholine rings is 1. The number of ether oxygens (including phenoxy) is 1. The van der Waals surface area contributed by atoms with Crippen LogP contribution in [0.1, 0.15) is 0 Å². The lowest BCUT2D eigenvalue weighted by Gasteiger charge is -2.30. The molecule has 1 heterocycles. The van der Waals surface area contributed by atoms with Gasteiger partial charge in [-0.15, -0.1) is 0 Å². The average molecular weight is 199 g/mol. The molecule has 0 aliphatic carbocycles. The molecular weight excluding hydrogens is 190 g/mol. The van der Waals surface area contributed by atoms with Gasteiger partial charge in [0.25, 0.3) is 0 Å². The van der Waals surface area contributed by atoms with Gasteiger partial charge in [0.15, 0.2) is 0 Å². The first-order chi connectivity index (χ1) is 6.05. The molecule has 0 aromatic heterocycles. The Hall–Kier alpha value is -0.780. The Balaban J connectivity index is 2.66. The second-order valence-electron chi connectivity index (χ2n) is 2.59. The van der Waals surface area contributed by atoms with Crippen LogP contribution in [0.5, 0.6) is 0 Å². The highest BCUT2D eigenvalue weighted by atomic mass is 19.4. The molecule has 76 valence electrons. The summed E-state index contributed by atoms with van der Waals surface area (Å²) >= 11 is 0. The van der Waals surface area contributed by atoms with Gasteiger partial charge < -0.3 is 9.64 Å². The van der Waals surface area contributed by atoms with E-state index < -0.39 is 18.2 Å². The largest absolute Gasteiger partial charge is 0.433 e. The second-order valence-corrected chi connectivity index (χ2v) is 2.59. The van der Waals surface area contributed by atoms with Crippen molar-refractivity contribution in [3.8, 4) is 0 Å². The van der Waals surface area contributed by atoms with E-state index in [1.165, 1.54) is 0 Å². The van der Waals surface area contributed by atoms with Gasteiger partial charge in [-0.2, -0.15) is 13.2 Å². The Kier molecular flexibility index (Phi) is 3.13. The molecule has 1 aliphatic heterocycles. The number of nitrogens with zero attached hydrogens (tertiary/aromatic N) is 1. The van der Waals surface area contributed by atoms with Crippen molar-refractivity contribution in [1.29, 1.82) is 0 Å². The standard InChI is InChI=1S/C7H9F4NO/c8-5-6(7(9,10)11)12-1-3-13-4-2-12/h5H,1-4H2. The Bertz CT molecular complexity index is 195. The highest BCUT2D eigenvalue weighted by Crippen LogP contribution is 2.28. The number of halogens is 4. The van der Waals surface area contributed by atoms with E-state index in [-0.39, 0.29) is 26.3 Å². The summed E-state index contributed by atoms with van der Waals surface area (Å²) in [4.78, 5) is 0.934. The molecule has 0 aromatic rings. The van der Waals surface area contributed by atoms with Crippen LogP contribution in [0.25, 0.3) is 0 Å². The third-order valence-electron chi connectivity index (χ3n) is 1.75. The summed E-state index contributed by atoms with van der Waals surface area (Å²) in [5, 5.41) is 0. The Morgan fingerprint density at radius 1 is 1.23 bits per heavy atom. The zero-order valence-electron chi connectivity index (χ0n) is 6.77. The van der Waals surface area contributed by atoms with E-state index >= 15 is 0 Å². The van der Waals surface area contributed by atoms with Crippen LogP contribution in [0, 0.1) is 0 Å². The third kappa shape index (κ3) is 2.58. The van der Waals surface area contributed by atoms with Gasteiger partial charge in [0.1, 0.15) is 12.0 Å². The van der Waals surface area contributed by atoms with E-state index in [0.29, 0.717) is 0 Å². The fourth-order valence-electron chi connectivity index (χ4n) is 1.11. The van der Waals surface area contributed by atoms with Crippen molar-refractivity contribution in [2.24, 2.45) is 0 Å². The van der Waals surface area contributed by atoms with E-state index in [1.54, 1.807) is 0 Å². The molecular formula is C7H9F4NO. The molecule has 0 spiro atoms. The zero-order valence-corrected chi connectivity index (χ0v) is 6.77. The molecule has 0 amide bonds. The molecule has 13 heavy (non-hydrogen) atoms. The molecule has 1 saturated heterocycles. The minimum absolute atomic E-state index is 0.0786. The van der Waals surface area contributed by atoms with Gasteiger partial charge >= 0.3 is 6.18 Å². The smallest absolute Gasteiger partial charge is 0.378 e. The fourth-order valence-corrected chi connectivity index (χ4v) is 1.11. The molecule has 0 N–H and O–H groups in total. The van der Waals surface area contributed by atoms with Crippen LogP contribution >= 0.6 is 0 Å². The fraction of sp³-hybridized carbons (Fsp3) is 0.714. The molecule has 0 unspecified atom stereocenters. The summed E-state index contributed by atoms with van der Waals surface area (Å²) in [6.07, 6.45) is -5.02. The maximum Gasteiger partial charge on any atom is 0.433 e. The van der Waals surface area contributed by atoms with Crippen LogP contribution in [-0.4, -0.2) is 37.4 Å².